The summed E-state index contributed by atoms with van der Waals surface area (Å²) in [7, 11) is 1.46. The minimum atomic E-state index is -1.17. The Bertz CT molecular complexity index is 874. The van der Waals surface area contributed by atoms with Crippen LogP contribution in [-0.2, 0) is 16.0 Å². The molecular weight excluding hydrogens is 350 g/mol. The second-order valence-electron chi connectivity index (χ2n) is 5.48. The number of carbonyl (C=O) groups is 2. The van der Waals surface area contributed by atoms with Crippen LogP contribution in [0.2, 0.25) is 5.02 Å². The van der Waals surface area contributed by atoms with E-state index in [0.717, 1.165) is 0 Å². The highest BCUT2D eigenvalue weighted by Crippen LogP contribution is 2.31. The zero-order valence-corrected chi connectivity index (χ0v) is 14.6. The van der Waals surface area contributed by atoms with Crippen LogP contribution in [0.4, 0.5) is 0 Å². The molecule has 0 aliphatic rings. The highest BCUT2D eigenvalue weighted by Gasteiger charge is 2.16. The van der Waals surface area contributed by atoms with Crippen molar-refractivity contribution in [3.05, 3.63) is 38.7 Å². The summed E-state index contributed by atoms with van der Waals surface area (Å²) < 4.78 is 10.4. The van der Waals surface area contributed by atoms with Crippen LogP contribution in [0.1, 0.15) is 24.0 Å². The van der Waals surface area contributed by atoms with Crippen LogP contribution in [-0.4, -0.2) is 25.5 Å². The third-order valence-corrected chi connectivity index (χ3v) is 4.07. The van der Waals surface area contributed by atoms with E-state index in [2.05, 4.69) is 5.32 Å². The number of carbonyl (C=O) groups excluding carboxylic acids is 2. The van der Waals surface area contributed by atoms with E-state index in [1.165, 1.54) is 13.2 Å². The topological polar surface area (TPSA) is 109 Å². The molecule has 1 heterocycles. The van der Waals surface area contributed by atoms with Crippen molar-refractivity contribution in [2.24, 2.45) is 0 Å². The SMILES string of the molecule is COc1cc2oc(=O)c(CC(=O)NCCCC(=O)[O-])c(C)c2cc1Cl. The van der Waals surface area contributed by atoms with E-state index in [-0.39, 0.29) is 31.4 Å². The summed E-state index contributed by atoms with van der Waals surface area (Å²) in [6.07, 6.45) is -0.0500. The van der Waals surface area contributed by atoms with Gasteiger partial charge in [-0.25, -0.2) is 4.79 Å². The third kappa shape index (κ3) is 4.51. The Kier molecular flexibility index (Phi) is 6.03. The summed E-state index contributed by atoms with van der Waals surface area (Å²) in [5.74, 6) is -1.18. The molecule has 0 bridgehead atoms. The van der Waals surface area contributed by atoms with Gasteiger partial charge in [0.2, 0.25) is 5.91 Å². The molecule has 1 N–H and O–H groups in total. The van der Waals surface area contributed by atoms with Gasteiger partial charge < -0.3 is 24.4 Å². The number of hydrogen-bond acceptors (Lipinski definition) is 6. The summed E-state index contributed by atoms with van der Waals surface area (Å²) in [4.78, 5) is 34.5. The van der Waals surface area contributed by atoms with Crippen molar-refractivity contribution in [3.63, 3.8) is 0 Å². The Balaban J connectivity index is 2.22. The number of rotatable bonds is 7. The maximum absolute atomic E-state index is 12.2. The zero-order chi connectivity index (χ0) is 18.6. The number of aryl methyl sites for hydroxylation is 1. The Morgan fingerprint density at radius 2 is 2.08 bits per heavy atom. The van der Waals surface area contributed by atoms with E-state index in [1.807, 2.05) is 0 Å². The van der Waals surface area contributed by atoms with Gasteiger partial charge in [-0.2, -0.15) is 0 Å². The molecule has 1 aromatic carbocycles. The summed E-state index contributed by atoms with van der Waals surface area (Å²) >= 11 is 6.11. The molecule has 0 aliphatic carbocycles. The second-order valence-corrected chi connectivity index (χ2v) is 5.89. The number of fused-ring (bicyclic) bond motifs is 1. The highest BCUT2D eigenvalue weighted by atomic mass is 35.5. The molecule has 2 aromatic rings. The molecule has 0 radical (unpaired) electrons. The number of methoxy groups -OCH3 is 1. The van der Waals surface area contributed by atoms with E-state index in [1.54, 1.807) is 13.0 Å². The average molecular weight is 367 g/mol. The molecular formula is C17H17ClNO6-. The summed E-state index contributed by atoms with van der Waals surface area (Å²) in [6.45, 7) is 1.90. The molecule has 0 fully saturated rings. The number of amides is 1. The van der Waals surface area contributed by atoms with Gasteiger partial charge in [-0.15, -0.1) is 0 Å². The molecule has 1 aromatic heterocycles. The van der Waals surface area contributed by atoms with Gasteiger partial charge in [-0.3, -0.25) is 4.79 Å². The first kappa shape index (κ1) is 18.8. The molecule has 0 unspecified atom stereocenters. The molecule has 0 saturated carbocycles. The normalized spacial score (nSPS) is 10.7. The van der Waals surface area contributed by atoms with E-state index < -0.39 is 17.5 Å². The lowest BCUT2D eigenvalue weighted by Crippen LogP contribution is -2.30. The molecule has 0 aliphatic heterocycles. The van der Waals surface area contributed by atoms with Crippen LogP contribution < -0.4 is 20.8 Å². The first-order chi connectivity index (χ1) is 11.8. The fourth-order valence-electron chi connectivity index (χ4n) is 2.43. The van der Waals surface area contributed by atoms with Gasteiger partial charge in [0, 0.05) is 24.0 Å². The Hall–Kier alpha value is -2.54. The first-order valence-corrected chi connectivity index (χ1v) is 7.97. The molecule has 1 amide bonds. The first-order valence-electron chi connectivity index (χ1n) is 7.60. The predicted octanol–water partition coefficient (Wildman–Crippen LogP) is 0.952. The number of carboxylic acids is 1. The van der Waals surface area contributed by atoms with Crippen molar-refractivity contribution in [1.29, 1.82) is 0 Å². The number of carboxylic acid groups (broad SMARTS) is 1. The predicted molar refractivity (Wildman–Crippen MR) is 89.7 cm³/mol. The Morgan fingerprint density at radius 1 is 1.36 bits per heavy atom. The fourth-order valence-corrected chi connectivity index (χ4v) is 2.67. The van der Waals surface area contributed by atoms with E-state index >= 15 is 0 Å². The van der Waals surface area contributed by atoms with E-state index in [9.17, 15) is 19.5 Å². The van der Waals surface area contributed by atoms with Crippen molar-refractivity contribution in [1.82, 2.24) is 5.32 Å². The molecule has 2 rings (SSSR count). The highest BCUT2D eigenvalue weighted by molar-refractivity contribution is 6.32. The maximum Gasteiger partial charge on any atom is 0.340 e. The molecule has 134 valence electrons. The average Bonchev–Trinajstić information content (AvgIpc) is 2.55. The van der Waals surface area contributed by atoms with Gasteiger partial charge in [0.25, 0.3) is 0 Å². The van der Waals surface area contributed by atoms with Crippen molar-refractivity contribution in [2.45, 2.75) is 26.2 Å². The van der Waals surface area contributed by atoms with Crippen LogP contribution in [0, 0.1) is 6.92 Å². The van der Waals surface area contributed by atoms with Crippen LogP contribution in [0.25, 0.3) is 11.0 Å². The Morgan fingerprint density at radius 3 is 2.72 bits per heavy atom. The largest absolute Gasteiger partial charge is 0.550 e. The molecule has 7 nitrogen and oxygen atoms in total. The fraction of sp³-hybridized carbons (Fsp3) is 0.353. The lowest BCUT2D eigenvalue weighted by molar-refractivity contribution is -0.305. The third-order valence-electron chi connectivity index (χ3n) is 3.78. The molecule has 25 heavy (non-hydrogen) atoms. The van der Waals surface area contributed by atoms with Gasteiger partial charge >= 0.3 is 5.63 Å². The number of halogens is 1. The zero-order valence-electron chi connectivity index (χ0n) is 13.8. The van der Waals surface area contributed by atoms with Crippen LogP contribution in [0.15, 0.2) is 21.3 Å². The molecule has 0 saturated heterocycles. The van der Waals surface area contributed by atoms with Crippen LogP contribution >= 0.6 is 11.6 Å². The van der Waals surface area contributed by atoms with Gasteiger partial charge in [-0.05, 0) is 31.4 Å². The van der Waals surface area contributed by atoms with Gasteiger partial charge in [0.1, 0.15) is 11.3 Å². The minimum Gasteiger partial charge on any atom is -0.550 e. The van der Waals surface area contributed by atoms with Crippen molar-refractivity contribution in [2.75, 3.05) is 13.7 Å². The molecule has 0 atom stereocenters. The second kappa shape index (κ2) is 8.02. The number of nitrogens with one attached hydrogen (secondary N) is 1. The lowest BCUT2D eigenvalue weighted by atomic mass is 10.0. The maximum atomic E-state index is 12.2. The van der Waals surface area contributed by atoms with Gasteiger partial charge in [-0.1, -0.05) is 11.6 Å². The molecule has 0 spiro atoms. The summed E-state index contributed by atoms with van der Waals surface area (Å²) in [5.41, 5.74) is 0.535. The summed E-state index contributed by atoms with van der Waals surface area (Å²) in [6, 6.07) is 3.14. The minimum absolute atomic E-state index is 0.141. The standard InChI is InChI=1S/C17H18ClNO6/c1-9-10-6-12(18)14(24-2)8-13(10)25-17(23)11(9)7-15(20)19-5-3-4-16(21)22/h6,8H,3-5,7H2,1-2H3,(H,19,20)(H,21,22)/p-1. The van der Waals surface area contributed by atoms with E-state index in [0.29, 0.717) is 27.3 Å². The van der Waals surface area contributed by atoms with Gasteiger partial charge in [0.05, 0.1) is 24.1 Å². The lowest BCUT2D eigenvalue weighted by Gasteiger charge is -2.10. The quantitative estimate of drug-likeness (QED) is 0.577. The summed E-state index contributed by atoms with van der Waals surface area (Å²) in [5, 5.41) is 13.9. The van der Waals surface area contributed by atoms with Crippen molar-refractivity contribution in [3.8, 4) is 5.75 Å². The number of aliphatic carboxylic acids is 1. The smallest absolute Gasteiger partial charge is 0.340 e. The van der Waals surface area contributed by atoms with Crippen LogP contribution in [0.3, 0.4) is 0 Å². The van der Waals surface area contributed by atoms with Crippen molar-refractivity contribution < 1.29 is 23.8 Å². The Labute approximate surface area is 148 Å². The number of ether oxygens (including phenoxy) is 1. The monoisotopic (exact) mass is 366 g/mol. The van der Waals surface area contributed by atoms with Crippen LogP contribution in [0.5, 0.6) is 5.75 Å². The molecule has 8 heteroatoms. The van der Waals surface area contributed by atoms with E-state index in [4.69, 9.17) is 20.8 Å². The number of hydrogen-bond donors (Lipinski definition) is 1. The van der Waals surface area contributed by atoms with Gasteiger partial charge in [0.15, 0.2) is 0 Å². The number of benzene rings is 1. The van der Waals surface area contributed by atoms with Crippen molar-refractivity contribution >= 4 is 34.4 Å².